The Labute approximate surface area is 130 Å². The van der Waals surface area contributed by atoms with Crippen LogP contribution in [0.2, 0.25) is 5.02 Å². The van der Waals surface area contributed by atoms with Crippen LogP contribution in [0, 0.1) is 0 Å². The van der Waals surface area contributed by atoms with E-state index in [0.717, 1.165) is 5.56 Å². The largest absolute Gasteiger partial charge is 0.505 e. The molecule has 1 aromatic heterocycles. The Morgan fingerprint density at radius 2 is 1.86 bits per heavy atom. The van der Waals surface area contributed by atoms with Gasteiger partial charge in [-0.2, -0.15) is 0 Å². The molecule has 22 heavy (non-hydrogen) atoms. The van der Waals surface area contributed by atoms with E-state index in [2.05, 4.69) is 0 Å². The maximum absolute atomic E-state index is 11.9. The van der Waals surface area contributed by atoms with Gasteiger partial charge in [0.25, 0.3) is 0 Å². The molecule has 0 spiro atoms. The second kappa shape index (κ2) is 5.31. The van der Waals surface area contributed by atoms with Crippen LogP contribution in [0.4, 0.5) is 0 Å². The third-order valence-corrected chi connectivity index (χ3v) is 3.69. The number of phenols is 1. The monoisotopic (exact) mass is 314 g/mol. The summed E-state index contributed by atoms with van der Waals surface area (Å²) in [5.74, 6) is -0.812. The molecule has 0 radical (unpaired) electrons. The van der Waals surface area contributed by atoms with Crippen LogP contribution < -0.4 is 5.63 Å². The Balaban J connectivity index is 2.51. The lowest BCUT2D eigenvalue weighted by Crippen LogP contribution is -2.03. The summed E-state index contributed by atoms with van der Waals surface area (Å²) in [6, 6.07) is 12.0. The van der Waals surface area contributed by atoms with Gasteiger partial charge in [-0.05, 0) is 24.1 Å². The predicted octanol–water partition coefficient (Wildman–Crippen LogP) is 4.02. The summed E-state index contributed by atoms with van der Waals surface area (Å²) >= 11 is 6.01. The van der Waals surface area contributed by atoms with Gasteiger partial charge in [0.2, 0.25) is 0 Å². The van der Waals surface area contributed by atoms with Crippen LogP contribution in [0.3, 0.4) is 0 Å². The van der Waals surface area contributed by atoms with Gasteiger partial charge in [-0.3, -0.25) is 4.79 Å². The molecule has 0 aliphatic carbocycles. The van der Waals surface area contributed by atoms with Gasteiger partial charge in [-0.1, -0.05) is 41.9 Å². The number of phenolic OH excluding ortho intramolecular Hbond substituents is 1. The fourth-order valence-corrected chi connectivity index (χ4v) is 2.64. The van der Waals surface area contributed by atoms with Crippen LogP contribution in [0.15, 0.2) is 51.7 Å². The molecule has 0 aliphatic heterocycles. The van der Waals surface area contributed by atoms with E-state index in [4.69, 9.17) is 16.0 Å². The summed E-state index contributed by atoms with van der Waals surface area (Å²) < 4.78 is 5.16. The summed E-state index contributed by atoms with van der Waals surface area (Å²) in [5.41, 5.74) is 0.738. The van der Waals surface area contributed by atoms with Crippen molar-refractivity contribution in [2.45, 2.75) is 6.92 Å². The average Bonchev–Trinajstić information content (AvgIpc) is 2.49. The Morgan fingerprint density at radius 1 is 1.18 bits per heavy atom. The molecular weight excluding hydrogens is 304 g/mol. The van der Waals surface area contributed by atoms with Crippen LogP contribution in [0.5, 0.6) is 5.75 Å². The Bertz CT molecular complexity index is 942. The lowest BCUT2D eigenvalue weighted by molar-refractivity contribution is 0.101. The number of fused-ring (bicyclic) bond motifs is 1. The zero-order valence-electron chi connectivity index (χ0n) is 11.6. The van der Waals surface area contributed by atoms with E-state index in [1.54, 1.807) is 0 Å². The van der Waals surface area contributed by atoms with Crippen molar-refractivity contribution in [3.63, 3.8) is 0 Å². The molecule has 3 rings (SSSR count). The van der Waals surface area contributed by atoms with Gasteiger partial charge in [0.1, 0.15) is 11.3 Å². The normalized spacial score (nSPS) is 10.8. The molecule has 4 nitrogen and oxygen atoms in total. The van der Waals surface area contributed by atoms with E-state index >= 15 is 0 Å². The van der Waals surface area contributed by atoms with Crippen molar-refractivity contribution < 1.29 is 14.3 Å². The number of carbonyl (C=O) groups is 1. The zero-order chi connectivity index (χ0) is 15.9. The predicted molar refractivity (Wildman–Crippen MR) is 84.6 cm³/mol. The number of hydrogen-bond donors (Lipinski definition) is 1. The number of rotatable bonds is 2. The Kier molecular flexibility index (Phi) is 3.47. The third kappa shape index (κ3) is 2.27. The quantitative estimate of drug-likeness (QED) is 0.573. The molecule has 1 heterocycles. The molecule has 0 bridgehead atoms. The topological polar surface area (TPSA) is 67.5 Å². The first-order valence-corrected chi connectivity index (χ1v) is 6.92. The summed E-state index contributed by atoms with van der Waals surface area (Å²) in [5, 5.41) is 10.5. The maximum atomic E-state index is 11.9. The fourth-order valence-electron chi connectivity index (χ4n) is 2.44. The molecule has 2 aromatic carbocycles. The van der Waals surface area contributed by atoms with Gasteiger partial charge in [-0.25, -0.2) is 4.79 Å². The Morgan fingerprint density at radius 3 is 2.50 bits per heavy atom. The SMILES string of the molecule is CC(=O)c1c(O)c(Cl)cc2c(-c3ccccc3)cc(=O)oc12. The van der Waals surface area contributed by atoms with Crippen molar-refractivity contribution >= 4 is 28.4 Å². The standard InChI is InChI=1S/C17H11ClO4/c1-9(19)15-16(21)13(18)7-12-11(8-14(20)22-17(12)15)10-5-3-2-4-6-10/h2-8,21H,1H3. The van der Waals surface area contributed by atoms with E-state index in [1.807, 2.05) is 30.3 Å². The van der Waals surface area contributed by atoms with E-state index in [0.29, 0.717) is 10.9 Å². The number of ketones is 1. The fraction of sp³-hybridized carbons (Fsp3) is 0.0588. The molecule has 0 fully saturated rings. The number of aromatic hydroxyl groups is 1. The highest BCUT2D eigenvalue weighted by atomic mass is 35.5. The molecule has 5 heteroatoms. The Hall–Kier alpha value is -2.59. The minimum atomic E-state index is -0.601. The smallest absolute Gasteiger partial charge is 0.336 e. The highest BCUT2D eigenvalue weighted by Gasteiger charge is 2.20. The molecule has 0 saturated carbocycles. The van der Waals surface area contributed by atoms with Gasteiger partial charge in [0, 0.05) is 11.5 Å². The van der Waals surface area contributed by atoms with Gasteiger partial charge in [0.05, 0.1) is 5.02 Å². The van der Waals surface area contributed by atoms with Gasteiger partial charge in [-0.15, -0.1) is 0 Å². The zero-order valence-corrected chi connectivity index (χ0v) is 12.3. The minimum Gasteiger partial charge on any atom is -0.505 e. The molecular formula is C17H11ClO4. The van der Waals surface area contributed by atoms with Crippen LogP contribution in [-0.2, 0) is 0 Å². The lowest BCUT2D eigenvalue weighted by Gasteiger charge is -2.10. The third-order valence-electron chi connectivity index (χ3n) is 3.40. The van der Waals surface area contributed by atoms with Crippen LogP contribution in [0.1, 0.15) is 17.3 Å². The summed E-state index contributed by atoms with van der Waals surface area (Å²) in [6.45, 7) is 1.28. The maximum Gasteiger partial charge on any atom is 0.336 e. The van der Waals surface area contributed by atoms with Crippen molar-refractivity contribution in [1.82, 2.24) is 0 Å². The number of halogens is 1. The van der Waals surface area contributed by atoms with Crippen molar-refractivity contribution in [3.8, 4) is 16.9 Å². The second-order valence-electron chi connectivity index (χ2n) is 4.86. The highest BCUT2D eigenvalue weighted by Crippen LogP contribution is 2.38. The van der Waals surface area contributed by atoms with Crippen molar-refractivity contribution in [2.75, 3.05) is 0 Å². The van der Waals surface area contributed by atoms with E-state index < -0.39 is 11.4 Å². The van der Waals surface area contributed by atoms with E-state index in [9.17, 15) is 14.7 Å². The number of hydrogen-bond acceptors (Lipinski definition) is 4. The molecule has 110 valence electrons. The summed E-state index contributed by atoms with van der Waals surface area (Å²) in [7, 11) is 0. The van der Waals surface area contributed by atoms with E-state index in [-0.39, 0.29) is 21.9 Å². The van der Waals surface area contributed by atoms with Crippen LogP contribution in [0.25, 0.3) is 22.1 Å². The van der Waals surface area contributed by atoms with Crippen LogP contribution >= 0.6 is 11.6 Å². The second-order valence-corrected chi connectivity index (χ2v) is 5.27. The van der Waals surface area contributed by atoms with Crippen LogP contribution in [-0.4, -0.2) is 10.9 Å². The molecule has 0 amide bonds. The minimum absolute atomic E-state index is 0.0312. The van der Waals surface area contributed by atoms with Gasteiger partial charge in [0.15, 0.2) is 11.4 Å². The molecule has 0 atom stereocenters. The molecule has 0 saturated heterocycles. The summed E-state index contributed by atoms with van der Waals surface area (Å²) in [4.78, 5) is 23.7. The summed E-state index contributed by atoms with van der Waals surface area (Å²) in [6.07, 6.45) is 0. The van der Waals surface area contributed by atoms with Crippen molar-refractivity contribution in [3.05, 3.63) is 63.5 Å². The highest BCUT2D eigenvalue weighted by molar-refractivity contribution is 6.34. The first kappa shape index (κ1) is 14.4. The number of carbonyl (C=O) groups excluding carboxylic acids is 1. The van der Waals surface area contributed by atoms with Gasteiger partial charge < -0.3 is 9.52 Å². The van der Waals surface area contributed by atoms with Crippen molar-refractivity contribution in [1.29, 1.82) is 0 Å². The lowest BCUT2D eigenvalue weighted by atomic mass is 9.98. The molecule has 1 N–H and O–H groups in total. The van der Waals surface area contributed by atoms with Gasteiger partial charge >= 0.3 is 5.63 Å². The molecule has 0 aliphatic rings. The average molecular weight is 315 g/mol. The first-order chi connectivity index (χ1) is 10.5. The van der Waals surface area contributed by atoms with E-state index in [1.165, 1.54) is 19.1 Å². The van der Waals surface area contributed by atoms with Crippen molar-refractivity contribution in [2.24, 2.45) is 0 Å². The number of Topliss-reactive ketones (excluding diaryl/α,β-unsaturated/α-hetero) is 1. The molecule has 3 aromatic rings. The first-order valence-electron chi connectivity index (χ1n) is 6.54. The number of benzene rings is 2. The molecule has 0 unspecified atom stereocenters.